The molecule has 0 saturated heterocycles. The molecule has 1 aromatic carbocycles. The van der Waals surface area contributed by atoms with Gasteiger partial charge in [0, 0.05) is 5.02 Å². The lowest BCUT2D eigenvalue weighted by atomic mass is 9.93. The second-order valence-corrected chi connectivity index (χ2v) is 4.08. The van der Waals surface area contributed by atoms with Crippen LogP contribution in [0.5, 0.6) is 0 Å². The predicted octanol–water partition coefficient (Wildman–Crippen LogP) is 3.35. The summed E-state index contributed by atoms with van der Waals surface area (Å²) in [6.07, 6.45) is 0.943. The van der Waals surface area contributed by atoms with Gasteiger partial charge in [-0.15, -0.1) is 6.58 Å². The molecule has 1 aromatic rings. The normalized spacial score (nSPS) is 12.5. The standard InChI is InChI=1S/C12H16ClN/c1-9(2)7-11(8-14)10-3-5-12(13)6-4-10/h3-6,11H,1,7-8,14H2,2H3. The zero-order valence-electron chi connectivity index (χ0n) is 8.46. The van der Waals surface area contributed by atoms with E-state index in [1.165, 1.54) is 5.56 Å². The highest BCUT2D eigenvalue weighted by Crippen LogP contribution is 2.23. The highest BCUT2D eigenvalue weighted by atomic mass is 35.5. The minimum Gasteiger partial charge on any atom is -0.330 e. The Bertz CT molecular complexity index is 303. The lowest BCUT2D eigenvalue weighted by Gasteiger charge is -2.14. The predicted molar refractivity (Wildman–Crippen MR) is 62.7 cm³/mol. The second-order valence-electron chi connectivity index (χ2n) is 3.65. The van der Waals surface area contributed by atoms with Crippen LogP contribution in [-0.2, 0) is 0 Å². The van der Waals surface area contributed by atoms with Crippen molar-refractivity contribution in [2.75, 3.05) is 6.54 Å². The molecule has 0 radical (unpaired) electrons. The van der Waals surface area contributed by atoms with E-state index < -0.39 is 0 Å². The van der Waals surface area contributed by atoms with E-state index in [0.717, 1.165) is 17.0 Å². The molecular weight excluding hydrogens is 194 g/mol. The van der Waals surface area contributed by atoms with E-state index in [1.807, 2.05) is 31.2 Å². The van der Waals surface area contributed by atoms with Crippen LogP contribution in [0.3, 0.4) is 0 Å². The summed E-state index contributed by atoms with van der Waals surface area (Å²) in [6.45, 7) is 6.58. The number of hydrogen-bond donors (Lipinski definition) is 1. The van der Waals surface area contributed by atoms with Gasteiger partial charge in [-0.25, -0.2) is 0 Å². The number of halogens is 1. The maximum atomic E-state index is 5.82. The molecule has 0 saturated carbocycles. The summed E-state index contributed by atoms with van der Waals surface area (Å²) in [6, 6.07) is 7.86. The first kappa shape index (κ1) is 11.3. The van der Waals surface area contributed by atoms with E-state index in [-0.39, 0.29) is 0 Å². The lowest BCUT2D eigenvalue weighted by Crippen LogP contribution is -2.12. The highest BCUT2D eigenvalue weighted by Gasteiger charge is 2.09. The molecule has 0 aromatic heterocycles. The maximum absolute atomic E-state index is 5.82. The van der Waals surface area contributed by atoms with Crippen molar-refractivity contribution < 1.29 is 0 Å². The fourth-order valence-electron chi connectivity index (χ4n) is 1.49. The first-order valence-corrected chi connectivity index (χ1v) is 5.11. The molecule has 14 heavy (non-hydrogen) atoms. The second kappa shape index (κ2) is 5.18. The molecule has 2 heteroatoms. The van der Waals surface area contributed by atoms with Crippen molar-refractivity contribution in [3.05, 3.63) is 47.0 Å². The molecule has 0 fully saturated rings. The molecule has 0 aliphatic carbocycles. The van der Waals surface area contributed by atoms with Gasteiger partial charge in [0.1, 0.15) is 0 Å². The molecule has 2 N–H and O–H groups in total. The van der Waals surface area contributed by atoms with E-state index in [0.29, 0.717) is 12.5 Å². The van der Waals surface area contributed by atoms with Gasteiger partial charge in [0.2, 0.25) is 0 Å². The molecule has 76 valence electrons. The van der Waals surface area contributed by atoms with Crippen molar-refractivity contribution in [3.8, 4) is 0 Å². The summed E-state index contributed by atoms with van der Waals surface area (Å²) in [4.78, 5) is 0. The van der Waals surface area contributed by atoms with Crippen molar-refractivity contribution >= 4 is 11.6 Å². The number of nitrogens with two attached hydrogens (primary N) is 1. The van der Waals surface area contributed by atoms with Crippen LogP contribution in [0.25, 0.3) is 0 Å². The topological polar surface area (TPSA) is 26.0 Å². The molecular formula is C12H16ClN. The summed E-state index contributed by atoms with van der Waals surface area (Å²) in [5.74, 6) is 0.366. The van der Waals surface area contributed by atoms with Crippen LogP contribution < -0.4 is 5.73 Å². The van der Waals surface area contributed by atoms with Crippen molar-refractivity contribution in [3.63, 3.8) is 0 Å². The summed E-state index contributed by atoms with van der Waals surface area (Å²) in [5.41, 5.74) is 8.12. The maximum Gasteiger partial charge on any atom is 0.0406 e. The van der Waals surface area contributed by atoms with Gasteiger partial charge >= 0.3 is 0 Å². The third-order valence-corrected chi connectivity index (χ3v) is 2.47. The zero-order chi connectivity index (χ0) is 10.6. The Hall–Kier alpha value is -0.790. The fraction of sp³-hybridized carbons (Fsp3) is 0.333. The minimum absolute atomic E-state index is 0.366. The van der Waals surface area contributed by atoms with Crippen LogP contribution in [0, 0.1) is 0 Å². The van der Waals surface area contributed by atoms with Crippen molar-refractivity contribution in [2.24, 2.45) is 5.73 Å². The van der Waals surface area contributed by atoms with Crippen molar-refractivity contribution in [1.82, 2.24) is 0 Å². The molecule has 0 heterocycles. The number of rotatable bonds is 4. The van der Waals surface area contributed by atoms with E-state index in [1.54, 1.807) is 0 Å². The molecule has 1 atom stereocenters. The molecule has 0 spiro atoms. The smallest absolute Gasteiger partial charge is 0.0406 e. The zero-order valence-corrected chi connectivity index (χ0v) is 9.22. The Labute approximate surface area is 90.6 Å². The first-order chi connectivity index (χ1) is 6.63. The monoisotopic (exact) mass is 209 g/mol. The average molecular weight is 210 g/mol. The number of allylic oxidation sites excluding steroid dienone is 1. The summed E-state index contributed by atoms with van der Waals surface area (Å²) in [5, 5.41) is 0.764. The summed E-state index contributed by atoms with van der Waals surface area (Å²) < 4.78 is 0. The SMILES string of the molecule is C=C(C)CC(CN)c1ccc(Cl)cc1. The van der Waals surface area contributed by atoms with Crippen LogP contribution in [0.15, 0.2) is 36.4 Å². The van der Waals surface area contributed by atoms with Gasteiger partial charge in [-0.3, -0.25) is 0 Å². The van der Waals surface area contributed by atoms with Crippen LogP contribution in [0.1, 0.15) is 24.8 Å². The van der Waals surface area contributed by atoms with Gasteiger partial charge in [-0.05, 0) is 43.5 Å². The van der Waals surface area contributed by atoms with Gasteiger partial charge in [-0.2, -0.15) is 0 Å². The van der Waals surface area contributed by atoms with E-state index in [9.17, 15) is 0 Å². The number of benzene rings is 1. The van der Waals surface area contributed by atoms with Gasteiger partial charge in [0.15, 0.2) is 0 Å². The van der Waals surface area contributed by atoms with E-state index in [4.69, 9.17) is 17.3 Å². The molecule has 1 unspecified atom stereocenters. The Morgan fingerprint density at radius 1 is 1.43 bits per heavy atom. The Kier molecular flexibility index (Phi) is 4.18. The molecule has 0 amide bonds. The third-order valence-electron chi connectivity index (χ3n) is 2.22. The van der Waals surface area contributed by atoms with E-state index >= 15 is 0 Å². The van der Waals surface area contributed by atoms with Gasteiger partial charge in [0.05, 0.1) is 0 Å². The molecule has 0 aliphatic rings. The Morgan fingerprint density at radius 3 is 2.43 bits per heavy atom. The quantitative estimate of drug-likeness (QED) is 0.757. The number of hydrogen-bond acceptors (Lipinski definition) is 1. The first-order valence-electron chi connectivity index (χ1n) is 4.73. The van der Waals surface area contributed by atoms with Gasteiger partial charge in [-0.1, -0.05) is 29.3 Å². The highest BCUT2D eigenvalue weighted by molar-refractivity contribution is 6.30. The van der Waals surface area contributed by atoms with Gasteiger partial charge in [0.25, 0.3) is 0 Å². The summed E-state index contributed by atoms with van der Waals surface area (Å²) in [7, 11) is 0. The Morgan fingerprint density at radius 2 is 2.00 bits per heavy atom. The van der Waals surface area contributed by atoms with Crippen LogP contribution in [0.2, 0.25) is 5.02 Å². The largest absolute Gasteiger partial charge is 0.330 e. The third kappa shape index (κ3) is 3.17. The Balaban J connectivity index is 2.78. The molecule has 0 aliphatic heterocycles. The molecule has 1 rings (SSSR count). The lowest BCUT2D eigenvalue weighted by molar-refractivity contribution is 0.690. The van der Waals surface area contributed by atoms with Crippen LogP contribution in [-0.4, -0.2) is 6.54 Å². The fourth-order valence-corrected chi connectivity index (χ4v) is 1.62. The van der Waals surface area contributed by atoms with Gasteiger partial charge < -0.3 is 5.73 Å². The van der Waals surface area contributed by atoms with Crippen molar-refractivity contribution in [2.45, 2.75) is 19.3 Å². The minimum atomic E-state index is 0.366. The van der Waals surface area contributed by atoms with Crippen LogP contribution in [0.4, 0.5) is 0 Å². The summed E-state index contributed by atoms with van der Waals surface area (Å²) >= 11 is 5.82. The van der Waals surface area contributed by atoms with Crippen molar-refractivity contribution in [1.29, 1.82) is 0 Å². The molecule has 1 nitrogen and oxygen atoms in total. The molecule has 0 bridgehead atoms. The van der Waals surface area contributed by atoms with E-state index in [2.05, 4.69) is 6.58 Å². The average Bonchev–Trinajstić information content (AvgIpc) is 2.15. The van der Waals surface area contributed by atoms with Crippen LogP contribution >= 0.6 is 11.6 Å².